The number of amides is 1. The molecule has 3 aromatic heterocycles. The van der Waals surface area contributed by atoms with E-state index in [1.165, 1.54) is 23.1 Å². The van der Waals surface area contributed by atoms with Crippen molar-refractivity contribution in [2.75, 3.05) is 11.1 Å². The van der Waals surface area contributed by atoms with Gasteiger partial charge in [-0.25, -0.2) is 4.98 Å². The highest BCUT2D eigenvalue weighted by Gasteiger charge is 2.12. The van der Waals surface area contributed by atoms with E-state index in [9.17, 15) is 10.1 Å². The molecule has 0 aliphatic rings. The molecule has 6 nitrogen and oxygen atoms in total. The molecular formula is C16H13N5OS3. The topological polar surface area (TPSA) is 91.6 Å². The number of thiophene rings is 1. The highest BCUT2D eigenvalue weighted by molar-refractivity contribution is 8.00. The maximum atomic E-state index is 12.1. The van der Waals surface area contributed by atoms with Crippen LogP contribution in [0.15, 0.2) is 34.7 Å². The van der Waals surface area contributed by atoms with Crippen LogP contribution in [0.4, 0.5) is 5.13 Å². The van der Waals surface area contributed by atoms with Gasteiger partial charge in [0.05, 0.1) is 21.9 Å². The van der Waals surface area contributed by atoms with Crippen LogP contribution >= 0.6 is 34.4 Å². The van der Waals surface area contributed by atoms with Gasteiger partial charge in [-0.3, -0.25) is 10.1 Å². The summed E-state index contributed by atoms with van der Waals surface area (Å²) in [5, 5.41) is 23.8. The third kappa shape index (κ3) is 4.42. The summed E-state index contributed by atoms with van der Waals surface area (Å²) < 4.78 is 0. The summed E-state index contributed by atoms with van der Waals surface area (Å²) in [5.41, 5.74) is 1.26. The lowest BCUT2D eigenvalue weighted by molar-refractivity contribution is -0.113. The van der Waals surface area contributed by atoms with Crippen LogP contribution in [0.2, 0.25) is 0 Å². The monoisotopic (exact) mass is 387 g/mol. The van der Waals surface area contributed by atoms with Crippen LogP contribution in [0.3, 0.4) is 0 Å². The number of nitrogens with one attached hydrogen (secondary N) is 1. The molecule has 0 spiro atoms. The van der Waals surface area contributed by atoms with Crippen LogP contribution in [-0.2, 0) is 11.2 Å². The first kappa shape index (κ1) is 17.5. The highest BCUT2D eigenvalue weighted by Crippen LogP contribution is 2.28. The Hall–Kier alpha value is -2.28. The number of hydrogen-bond acceptors (Lipinski definition) is 8. The fourth-order valence-electron chi connectivity index (χ4n) is 1.93. The zero-order valence-electron chi connectivity index (χ0n) is 13.2. The zero-order chi connectivity index (χ0) is 17.6. The van der Waals surface area contributed by atoms with Crippen molar-refractivity contribution in [2.45, 2.75) is 18.4 Å². The summed E-state index contributed by atoms with van der Waals surface area (Å²) in [7, 11) is 0. The molecule has 3 rings (SSSR count). The zero-order valence-corrected chi connectivity index (χ0v) is 15.7. The van der Waals surface area contributed by atoms with Crippen molar-refractivity contribution >= 4 is 45.5 Å². The number of rotatable bonds is 6. The number of aryl methyl sites for hydroxylation is 1. The number of nitriles is 1. The summed E-state index contributed by atoms with van der Waals surface area (Å²) in [4.78, 5) is 17.6. The molecule has 0 atom stereocenters. The first-order valence-electron chi connectivity index (χ1n) is 7.39. The molecule has 0 bridgehead atoms. The fourth-order valence-corrected chi connectivity index (χ4v) is 4.10. The minimum Gasteiger partial charge on any atom is -0.300 e. The van der Waals surface area contributed by atoms with E-state index in [0.717, 1.165) is 22.0 Å². The highest BCUT2D eigenvalue weighted by atomic mass is 32.2. The molecule has 0 saturated heterocycles. The van der Waals surface area contributed by atoms with Gasteiger partial charge in [0, 0.05) is 0 Å². The minimum absolute atomic E-state index is 0.149. The second-order valence-corrected chi connectivity index (χ2v) is 7.80. The van der Waals surface area contributed by atoms with Crippen molar-refractivity contribution in [1.29, 1.82) is 5.26 Å². The molecule has 0 radical (unpaired) electrons. The van der Waals surface area contributed by atoms with Gasteiger partial charge in [0.25, 0.3) is 0 Å². The molecule has 0 fully saturated rings. The van der Waals surface area contributed by atoms with Crippen LogP contribution in [0, 0.1) is 11.3 Å². The Bertz CT molecular complexity index is 914. The van der Waals surface area contributed by atoms with Gasteiger partial charge in [0.15, 0.2) is 0 Å². The van der Waals surface area contributed by atoms with E-state index in [2.05, 4.69) is 26.6 Å². The largest absolute Gasteiger partial charge is 0.300 e. The Balaban J connectivity index is 1.68. The van der Waals surface area contributed by atoms with Crippen LogP contribution < -0.4 is 5.32 Å². The second kappa shape index (κ2) is 8.20. The van der Waals surface area contributed by atoms with Gasteiger partial charge in [-0.05, 0) is 30.0 Å². The summed E-state index contributed by atoms with van der Waals surface area (Å²) in [6.07, 6.45) is 0.785. The molecule has 1 N–H and O–H groups in total. The molecule has 0 aliphatic carbocycles. The smallest absolute Gasteiger partial charge is 0.236 e. The van der Waals surface area contributed by atoms with Crippen molar-refractivity contribution in [3.8, 4) is 16.6 Å². The lowest BCUT2D eigenvalue weighted by Crippen LogP contribution is -2.14. The fraction of sp³-hybridized carbons (Fsp3) is 0.188. The maximum absolute atomic E-state index is 12.1. The third-order valence-electron chi connectivity index (χ3n) is 3.11. The van der Waals surface area contributed by atoms with E-state index in [-0.39, 0.29) is 11.7 Å². The van der Waals surface area contributed by atoms with Crippen LogP contribution in [0.25, 0.3) is 10.6 Å². The Morgan fingerprint density at radius 2 is 2.24 bits per heavy atom. The van der Waals surface area contributed by atoms with Gasteiger partial charge in [-0.15, -0.1) is 21.5 Å². The van der Waals surface area contributed by atoms with Gasteiger partial charge in [-0.1, -0.05) is 36.1 Å². The van der Waals surface area contributed by atoms with Crippen LogP contribution in [-0.4, -0.2) is 26.8 Å². The molecule has 3 heterocycles. The molecular weight excluding hydrogens is 374 g/mol. The number of pyridine rings is 1. The van der Waals surface area contributed by atoms with E-state index in [1.807, 2.05) is 30.5 Å². The molecule has 0 aliphatic heterocycles. The summed E-state index contributed by atoms with van der Waals surface area (Å²) in [6.45, 7) is 1.98. The number of carbonyl (C=O) groups is 1. The molecule has 1 amide bonds. The first-order valence-corrected chi connectivity index (χ1v) is 10.1. The van der Waals surface area contributed by atoms with Crippen molar-refractivity contribution in [1.82, 2.24) is 15.2 Å². The van der Waals surface area contributed by atoms with Gasteiger partial charge >= 0.3 is 0 Å². The summed E-state index contributed by atoms with van der Waals surface area (Å²) >= 11 is 4.18. The summed E-state index contributed by atoms with van der Waals surface area (Å²) in [5.74, 6) is -0.0487. The number of nitrogens with zero attached hydrogens (tertiary/aromatic N) is 4. The quantitative estimate of drug-likeness (QED) is 0.646. The number of thioether (sulfide) groups is 1. The van der Waals surface area contributed by atoms with Crippen LogP contribution in [0.1, 0.15) is 17.5 Å². The number of hydrogen-bond donors (Lipinski definition) is 1. The van der Waals surface area contributed by atoms with E-state index < -0.39 is 0 Å². The van der Waals surface area contributed by atoms with Gasteiger partial charge in [0.2, 0.25) is 11.0 Å². The van der Waals surface area contributed by atoms with E-state index in [0.29, 0.717) is 15.7 Å². The van der Waals surface area contributed by atoms with Gasteiger partial charge in [-0.2, -0.15) is 5.26 Å². The standard InChI is InChI=1S/C16H13N5OS3/c1-2-14-20-21-16(25-14)19-13(22)9-24-15-10(8-17)5-6-11(18-15)12-4-3-7-23-12/h3-7H,2,9H2,1H3,(H,19,21,22). The average molecular weight is 388 g/mol. The van der Waals surface area contributed by atoms with E-state index in [4.69, 9.17) is 0 Å². The Labute approximate surface area is 157 Å². The van der Waals surface area contributed by atoms with E-state index in [1.54, 1.807) is 17.4 Å². The first-order chi connectivity index (χ1) is 12.2. The Morgan fingerprint density at radius 1 is 1.36 bits per heavy atom. The molecule has 3 aromatic rings. The van der Waals surface area contributed by atoms with Gasteiger partial charge < -0.3 is 0 Å². The predicted octanol–water partition coefficient (Wildman–Crippen LogP) is 3.83. The third-order valence-corrected chi connectivity index (χ3v) is 5.98. The number of anilines is 1. The van der Waals surface area contributed by atoms with E-state index >= 15 is 0 Å². The van der Waals surface area contributed by atoms with Gasteiger partial charge in [0.1, 0.15) is 16.1 Å². The molecule has 25 heavy (non-hydrogen) atoms. The SMILES string of the molecule is CCc1nnc(NC(=O)CSc2nc(-c3cccs3)ccc2C#N)s1. The predicted molar refractivity (Wildman–Crippen MR) is 101 cm³/mol. The lowest BCUT2D eigenvalue weighted by atomic mass is 10.2. The molecule has 126 valence electrons. The summed E-state index contributed by atoms with van der Waals surface area (Å²) in [6, 6.07) is 9.60. The number of carbonyl (C=O) groups excluding carboxylic acids is 1. The maximum Gasteiger partial charge on any atom is 0.236 e. The van der Waals surface area contributed by atoms with Crippen molar-refractivity contribution < 1.29 is 4.79 Å². The molecule has 0 saturated carbocycles. The second-order valence-electron chi connectivity index (χ2n) is 4.83. The van der Waals surface area contributed by atoms with Crippen molar-refractivity contribution in [3.05, 3.63) is 40.2 Å². The molecule has 0 unspecified atom stereocenters. The molecule has 9 heteroatoms. The van der Waals surface area contributed by atoms with Crippen LogP contribution in [0.5, 0.6) is 0 Å². The molecule has 0 aromatic carbocycles. The minimum atomic E-state index is -0.198. The Morgan fingerprint density at radius 3 is 2.92 bits per heavy atom. The van der Waals surface area contributed by atoms with Crippen molar-refractivity contribution in [2.24, 2.45) is 0 Å². The Kier molecular flexibility index (Phi) is 5.75. The lowest BCUT2D eigenvalue weighted by Gasteiger charge is -2.05. The normalized spacial score (nSPS) is 10.4. The average Bonchev–Trinajstić information content (AvgIpc) is 3.31. The van der Waals surface area contributed by atoms with Crippen molar-refractivity contribution in [3.63, 3.8) is 0 Å². The number of aromatic nitrogens is 3.